The Hall–Kier alpha value is -7.96. The van der Waals surface area contributed by atoms with Gasteiger partial charge in [-0.2, -0.15) is 0 Å². The molecule has 0 saturated carbocycles. The van der Waals surface area contributed by atoms with E-state index in [-0.39, 0.29) is 107 Å². The summed E-state index contributed by atoms with van der Waals surface area (Å²) in [7, 11) is 1.51. The minimum absolute atomic E-state index is 0.0409. The first kappa shape index (κ1) is 65.2. The largest absolute Gasteiger partial charge is 0.370 e. The molecule has 2 rings (SSSR count). The van der Waals surface area contributed by atoms with Gasteiger partial charge >= 0.3 is 0 Å². The number of unbranched alkanes of at least 4 members (excludes halogenated alkanes) is 2. The van der Waals surface area contributed by atoms with E-state index < -0.39 is 108 Å². The van der Waals surface area contributed by atoms with Crippen LogP contribution in [0.25, 0.3) is 0 Å². The summed E-state index contributed by atoms with van der Waals surface area (Å²) in [6.45, 7) is 2.19. The van der Waals surface area contributed by atoms with Crippen LogP contribution in [-0.4, -0.2) is 127 Å². The van der Waals surface area contributed by atoms with Gasteiger partial charge in [0.2, 0.25) is 53.2 Å². The number of anilines is 1. The average molecular weight is 1080 g/mol. The highest BCUT2D eigenvalue weighted by Gasteiger charge is 2.32. The Morgan fingerprint density at radius 3 is 1.77 bits per heavy atom. The third kappa shape index (κ3) is 29.1. The summed E-state index contributed by atoms with van der Waals surface area (Å²) in [5.74, 6) is -8.21. The van der Waals surface area contributed by atoms with Gasteiger partial charge in [0.1, 0.15) is 30.8 Å². The predicted octanol–water partition coefficient (Wildman–Crippen LogP) is 0.811. The fraction of sp³-hybridized carbons (Fsp3) is 0.538. The Bertz CT molecular complexity index is 2360. The molecule has 0 unspecified atom stereocenters. The summed E-state index contributed by atoms with van der Waals surface area (Å²) in [5.41, 5.74) is 12.2. The van der Waals surface area contributed by atoms with Gasteiger partial charge in [-0.15, -0.1) is 0 Å². The first-order valence-electron chi connectivity index (χ1n) is 25.5. The van der Waals surface area contributed by atoms with Crippen LogP contribution in [0.2, 0.25) is 0 Å². The molecule has 2 aromatic carbocycles. The van der Waals surface area contributed by atoms with Crippen molar-refractivity contribution in [1.29, 1.82) is 0 Å². The van der Waals surface area contributed by atoms with Gasteiger partial charge in [-0.25, -0.2) is 0 Å². The van der Waals surface area contributed by atoms with Crippen molar-refractivity contribution in [2.24, 2.45) is 23.3 Å². The Kier molecular flexibility index (Phi) is 30.5. The van der Waals surface area contributed by atoms with E-state index >= 15 is 0 Å². The van der Waals surface area contributed by atoms with Gasteiger partial charge in [-0.05, 0) is 74.6 Å². The fourth-order valence-corrected chi connectivity index (χ4v) is 7.85. The number of non-ortho nitro benzene ring substituents is 1. The van der Waals surface area contributed by atoms with E-state index in [1.54, 1.807) is 24.3 Å². The maximum atomic E-state index is 14.4. The molecule has 0 heterocycles. The second-order valence-electron chi connectivity index (χ2n) is 18.4. The van der Waals surface area contributed by atoms with Crippen molar-refractivity contribution in [2.45, 2.75) is 129 Å². The number of hydrogen-bond donors (Lipinski definition) is 9. The van der Waals surface area contributed by atoms with Crippen LogP contribution in [0.4, 0.5) is 11.4 Å². The normalized spacial score (nSPS) is 12.3. The quantitative estimate of drug-likeness (QED) is 0.0253. The van der Waals surface area contributed by atoms with Gasteiger partial charge in [0.25, 0.3) is 5.69 Å². The van der Waals surface area contributed by atoms with Crippen molar-refractivity contribution in [3.63, 3.8) is 0 Å². The molecule has 0 fully saturated rings. The molecule has 0 aliphatic rings. The Balaban J connectivity index is 2.18. The number of rotatable bonds is 40. The van der Waals surface area contributed by atoms with Gasteiger partial charge in [0.05, 0.1) is 11.0 Å². The number of nitrogens with two attached hydrogens (primary N) is 2. The SMILES string of the molecule is CNC(=O)CCNC(=O)CCc1ccc(NC(=O)COCC(=O)NCCCC[C@H](CC(=O)[C@H](CCCCNC(C)=O)NC(=O)[C@H](CCC(N)=O)NC(C)=O)C(=O)C[C@@H](Cc2ccc([N+](=O)[O-])cc2)C(=O)CCC(N)=O)cc1. The second-order valence-corrected chi connectivity index (χ2v) is 18.4. The van der Waals surface area contributed by atoms with Gasteiger partial charge in [0.15, 0.2) is 5.78 Å². The first-order valence-corrected chi connectivity index (χ1v) is 25.5. The van der Waals surface area contributed by atoms with Gasteiger partial charge in [0, 0.05) is 115 Å². The molecule has 4 atom stereocenters. The third-order valence-electron chi connectivity index (χ3n) is 12.0. The topological polar surface area (TPSA) is 393 Å². The molecule has 25 nitrogen and oxygen atoms in total. The number of hydrogen-bond acceptors (Lipinski definition) is 15. The van der Waals surface area contributed by atoms with Crippen molar-refractivity contribution in [3.8, 4) is 0 Å². The lowest BCUT2D eigenvalue weighted by Gasteiger charge is -2.25. The molecule has 9 amide bonds. The number of nitrogens with one attached hydrogen (secondary N) is 7. The fourth-order valence-electron chi connectivity index (χ4n) is 7.85. The third-order valence-corrected chi connectivity index (χ3v) is 12.0. The van der Waals surface area contributed by atoms with Crippen LogP contribution < -0.4 is 48.7 Å². The van der Waals surface area contributed by atoms with E-state index in [9.17, 15) is 67.6 Å². The predicted molar refractivity (Wildman–Crippen MR) is 280 cm³/mol. The van der Waals surface area contributed by atoms with Crippen molar-refractivity contribution < 1.29 is 67.2 Å². The molecule has 2 aromatic rings. The van der Waals surface area contributed by atoms with Crippen LogP contribution in [0.1, 0.15) is 115 Å². The lowest BCUT2D eigenvalue weighted by Crippen LogP contribution is -2.51. The van der Waals surface area contributed by atoms with Gasteiger partial charge in [-0.3, -0.25) is 67.6 Å². The number of aryl methyl sites for hydroxylation is 1. The first-order chi connectivity index (χ1) is 36.6. The zero-order valence-corrected chi connectivity index (χ0v) is 44.0. The Labute approximate surface area is 446 Å². The standard InChI is InChI=1S/C52H74N10O15/c1-33(63)56-25-7-5-9-41(61-52(74)42(59-34(2)64)19-21-46(53)68)45(67)29-37(44(66)30-38(43(65)20-22-47(54)69)28-36-12-17-40(18-13-36)62(75)76)8-4-6-26-57-50(72)31-77-32-51(73)60-39-15-10-35(11-16-39)14-23-49(71)58-27-24-48(70)55-3/h10-13,15-18,37-38,41-42H,4-9,14,19-32H2,1-3H3,(H2,53,68)(H2,54,69)(H,55,70)(H,56,63)(H,57,72)(H,58,71)(H,59,64)(H,60,73)(H,61,74)/t37-,38-,41+,42+/m1/s1. The summed E-state index contributed by atoms with van der Waals surface area (Å²) < 4.78 is 5.30. The number of primary amides is 2. The maximum Gasteiger partial charge on any atom is 0.269 e. The van der Waals surface area contributed by atoms with Crippen LogP contribution >= 0.6 is 0 Å². The number of amides is 9. The molecule has 422 valence electrons. The van der Waals surface area contributed by atoms with E-state index in [1.807, 2.05) is 0 Å². The molecule has 0 aliphatic carbocycles. The second kappa shape index (κ2) is 36.1. The molecular formula is C52H74N10O15. The van der Waals surface area contributed by atoms with E-state index in [4.69, 9.17) is 16.2 Å². The van der Waals surface area contributed by atoms with E-state index in [0.717, 1.165) is 5.56 Å². The number of carbonyl (C=O) groups excluding carboxylic acids is 12. The van der Waals surface area contributed by atoms with Gasteiger partial charge in [-0.1, -0.05) is 30.7 Å². The Morgan fingerprint density at radius 2 is 1.16 bits per heavy atom. The number of carbonyl (C=O) groups is 12. The average Bonchev–Trinajstić information content (AvgIpc) is 3.37. The highest BCUT2D eigenvalue weighted by atomic mass is 16.6. The van der Waals surface area contributed by atoms with Crippen LogP contribution in [-0.2, 0) is 75.1 Å². The van der Waals surface area contributed by atoms with Crippen molar-refractivity contribution in [3.05, 3.63) is 69.8 Å². The summed E-state index contributed by atoms with van der Waals surface area (Å²) >= 11 is 0. The van der Waals surface area contributed by atoms with Crippen molar-refractivity contribution in [1.82, 2.24) is 31.9 Å². The summed E-state index contributed by atoms with van der Waals surface area (Å²) in [5, 5.41) is 29.6. The molecule has 0 saturated heterocycles. The Morgan fingerprint density at radius 1 is 0.558 bits per heavy atom. The molecule has 0 aliphatic heterocycles. The van der Waals surface area contributed by atoms with E-state index in [0.29, 0.717) is 36.9 Å². The van der Waals surface area contributed by atoms with Crippen LogP contribution in [0.5, 0.6) is 0 Å². The van der Waals surface area contributed by atoms with Crippen LogP contribution in [0.15, 0.2) is 48.5 Å². The zero-order chi connectivity index (χ0) is 57.3. The molecule has 0 bridgehead atoms. The summed E-state index contributed by atoms with van der Waals surface area (Å²) in [6, 6.07) is 9.73. The van der Waals surface area contributed by atoms with Gasteiger partial charge < -0.3 is 53.4 Å². The number of nitrogens with zero attached hydrogens (tertiary/aromatic N) is 1. The van der Waals surface area contributed by atoms with Crippen molar-refractivity contribution >= 4 is 81.9 Å². The molecule has 11 N–H and O–H groups in total. The molecule has 0 aromatic heterocycles. The van der Waals surface area contributed by atoms with Crippen LogP contribution in [0, 0.1) is 22.0 Å². The lowest BCUT2D eigenvalue weighted by molar-refractivity contribution is -0.384. The molecule has 0 radical (unpaired) electrons. The number of ether oxygens (including phenoxy) is 1. The molecule has 0 spiro atoms. The van der Waals surface area contributed by atoms with E-state index in [1.165, 1.54) is 45.2 Å². The maximum absolute atomic E-state index is 14.4. The minimum atomic E-state index is -1.24. The smallest absolute Gasteiger partial charge is 0.269 e. The molecular weight excluding hydrogens is 1000 g/mol. The molecule has 77 heavy (non-hydrogen) atoms. The lowest BCUT2D eigenvalue weighted by atomic mass is 9.81. The number of nitro benzene ring substituents is 1. The number of Topliss-reactive ketones (excluding diaryl/α,β-unsaturated/α-hetero) is 3. The highest BCUT2D eigenvalue weighted by Crippen LogP contribution is 2.25. The number of ketones is 3. The number of nitro groups is 1. The summed E-state index contributed by atoms with van der Waals surface area (Å²) in [6.07, 6.45) is 0.356. The summed E-state index contributed by atoms with van der Waals surface area (Å²) in [4.78, 5) is 162. The number of benzene rings is 2. The van der Waals surface area contributed by atoms with E-state index in [2.05, 4.69) is 37.2 Å². The monoisotopic (exact) mass is 1080 g/mol. The van der Waals surface area contributed by atoms with Crippen molar-refractivity contribution in [2.75, 3.05) is 45.2 Å². The van der Waals surface area contributed by atoms with Crippen LogP contribution in [0.3, 0.4) is 0 Å². The molecule has 25 heteroatoms. The highest BCUT2D eigenvalue weighted by molar-refractivity contribution is 5.96. The minimum Gasteiger partial charge on any atom is -0.370 e. The zero-order valence-electron chi connectivity index (χ0n) is 44.0.